The number of benzene rings is 1. The summed E-state index contributed by atoms with van der Waals surface area (Å²) in [4.78, 5) is 33.8. The number of nitrogens with one attached hydrogen (secondary N) is 1. The predicted molar refractivity (Wildman–Crippen MR) is 95.4 cm³/mol. The Hall–Kier alpha value is -1.79. The van der Waals surface area contributed by atoms with Crippen molar-refractivity contribution in [1.29, 1.82) is 0 Å². The molecule has 0 heterocycles. The zero-order chi connectivity index (χ0) is 18.8. The highest BCUT2D eigenvalue weighted by Crippen LogP contribution is 2.32. The molecule has 138 valence electrons. The molecule has 8 heteroatoms. The lowest BCUT2D eigenvalue weighted by atomic mass is 10.1. The van der Waals surface area contributed by atoms with Gasteiger partial charge >= 0.3 is 11.9 Å². The minimum atomic E-state index is -0.781. The number of rotatable bonds is 10. The van der Waals surface area contributed by atoms with E-state index in [0.717, 1.165) is 25.7 Å². The van der Waals surface area contributed by atoms with Crippen LogP contribution >= 0.6 is 23.2 Å². The number of esters is 1. The van der Waals surface area contributed by atoms with E-state index in [0.29, 0.717) is 13.0 Å². The molecule has 0 radical (unpaired) electrons. The molecule has 1 aromatic rings. The summed E-state index contributed by atoms with van der Waals surface area (Å²) < 4.78 is 5.01. The molecule has 0 fully saturated rings. The largest absolute Gasteiger partial charge is 0.481 e. The smallest absolute Gasteiger partial charge is 0.308 e. The SMILES string of the molecule is CC(=O)Oc1c(Cl)cc(Cl)cc1C(=O)NCCCCCCCC(=O)O. The summed E-state index contributed by atoms with van der Waals surface area (Å²) in [7, 11) is 0. The Labute approximate surface area is 156 Å². The summed E-state index contributed by atoms with van der Waals surface area (Å²) in [5.41, 5.74) is 0.106. The molecule has 2 N–H and O–H groups in total. The third-order valence-electron chi connectivity index (χ3n) is 3.35. The summed E-state index contributed by atoms with van der Waals surface area (Å²) in [6, 6.07) is 2.79. The Bertz CT molecular complexity index is 634. The lowest BCUT2D eigenvalue weighted by Crippen LogP contribution is -2.25. The molecule has 0 atom stereocenters. The average molecular weight is 390 g/mol. The molecule has 1 aromatic carbocycles. The molecule has 0 aliphatic carbocycles. The van der Waals surface area contributed by atoms with Crippen LogP contribution in [0.1, 0.15) is 55.8 Å². The fraction of sp³-hybridized carbons (Fsp3) is 0.471. The first-order valence-electron chi connectivity index (χ1n) is 7.98. The van der Waals surface area contributed by atoms with Crippen molar-refractivity contribution in [3.63, 3.8) is 0 Å². The number of ether oxygens (including phenoxy) is 1. The van der Waals surface area contributed by atoms with Crippen LogP contribution in [0.3, 0.4) is 0 Å². The Morgan fingerprint density at radius 1 is 1.08 bits per heavy atom. The maximum atomic E-state index is 12.3. The normalized spacial score (nSPS) is 10.4. The third-order valence-corrected chi connectivity index (χ3v) is 3.85. The van der Waals surface area contributed by atoms with Crippen LogP contribution in [0.25, 0.3) is 0 Å². The van der Waals surface area contributed by atoms with Gasteiger partial charge in [-0.2, -0.15) is 0 Å². The average Bonchev–Trinajstić information content (AvgIpc) is 2.51. The van der Waals surface area contributed by atoms with Gasteiger partial charge in [0.05, 0.1) is 10.6 Å². The highest BCUT2D eigenvalue weighted by molar-refractivity contribution is 6.36. The van der Waals surface area contributed by atoms with Gasteiger partial charge in [-0.25, -0.2) is 0 Å². The molecular formula is C17H21Cl2NO5. The van der Waals surface area contributed by atoms with Crippen molar-refractivity contribution < 1.29 is 24.2 Å². The van der Waals surface area contributed by atoms with E-state index in [4.69, 9.17) is 33.0 Å². The summed E-state index contributed by atoms with van der Waals surface area (Å²) in [6.07, 6.45) is 4.24. The number of carboxylic acid groups (broad SMARTS) is 1. The number of carboxylic acids is 1. The highest BCUT2D eigenvalue weighted by Gasteiger charge is 2.18. The fourth-order valence-corrected chi connectivity index (χ4v) is 2.74. The number of unbranched alkanes of at least 4 members (excludes halogenated alkanes) is 4. The van der Waals surface area contributed by atoms with E-state index < -0.39 is 17.8 Å². The molecule has 0 bridgehead atoms. The van der Waals surface area contributed by atoms with Crippen molar-refractivity contribution in [2.45, 2.75) is 45.4 Å². The van der Waals surface area contributed by atoms with Crippen molar-refractivity contribution in [3.8, 4) is 5.75 Å². The second-order valence-electron chi connectivity index (χ2n) is 5.53. The van der Waals surface area contributed by atoms with Gasteiger partial charge in [-0.15, -0.1) is 0 Å². The number of hydrogen-bond donors (Lipinski definition) is 2. The zero-order valence-electron chi connectivity index (χ0n) is 13.9. The third kappa shape index (κ3) is 8.23. The van der Waals surface area contributed by atoms with Crippen molar-refractivity contribution in [1.82, 2.24) is 5.32 Å². The number of amides is 1. The van der Waals surface area contributed by atoms with Gasteiger partial charge in [0.2, 0.25) is 0 Å². The molecule has 0 saturated heterocycles. The molecule has 0 saturated carbocycles. The van der Waals surface area contributed by atoms with Crippen molar-refractivity contribution in [2.75, 3.05) is 6.54 Å². The zero-order valence-corrected chi connectivity index (χ0v) is 15.5. The maximum absolute atomic E-state index is 12.3. The Balaban J connectivity index is 2.47. The quantitative estimate of drug-likeness (QED) is 0.357. The standard InChI is InChI=1S/C17H21Cl2NO5/c1-11(21)25-16-13(9-12(18)10-14(16)19)17(24)20-8-6-4-2-3-5-7-15(22)23/h9-10H,2-8H2,1H3,(H,20,24)(H,22,23). The summed E-state index contributed by atoms with van der Waals surface area (Å²) in [5.74, 6) is -1.80. The van der Waals surface area contributed by atoms with Crippen LogP contribution in [0, 0.1) is 0 Å². The molecule has 25 heavy (non-hydrogen) atoms. The van der Waals surface area contributed by atoms with Crippen LogP contribution in [0.4, 0.5) is 0 Å². The molecule has 0 spiro atoms. The van der Waals surface area contributed by atoms with Crippen LogP contribution in [0.2, 0.25) is 10.0 Å². The van der Waals surface area contributed by atoms with E-state index in [9.17, 15) is 14.4 Å². The van der Waals surface area contributed by atoms with Gasteiger partial charge < -0.3 is 15.2 Å². The minimum Gasteiger partial charge on any atom is -0.481 e. The molecule has 0 aliphatic rings. The van der Waals surface area contributed by atoms with Gasteiger partial charge in [0, 0.05) is 24.9 Å². The molecule has 1 amide bonds. The number of carbonyl (C=O) groups is 3. The molecule has 0 aromatic heterocycles. The van der Waals surface area contributed by atoms with Crippen molar-refractivity contribution in [3.05, 3.63) is 27.7 Å². The van der Waals surface area contributed by atoms with E-state index in [1.165, 1.54) is 19.1 Å². The van der Waals surface area contributed by atoms with Gasteiger partial charge in [-0.1, -0.05) is 42.5 Å². The van der Waals surface area contributed by atoms with E-state index in [1.54, 1.807) is 0 Å². The molecule has 1 rings (SSSR count). The number of halogens is 2. The second kappa shape index (κ2) is 10.9. The summed E-state index contributed by atoms with van der Waals surface area (Å²) in [5, 5.41) is 11.6. The first-order valence-corrected chi connectivity index (χ1v) is 8.74. The number of carbonyl (C=O) groups excluding carboxylic acids is 2. The topological polar surface area (TPSA) is 92.7 Å². The fourth-order valence-electron chi connectivity index (χ4n) is 2.21. The first-order chi connectivity index (χ1) is 11.8. The Kier molecular flexibility index (Phi) is 9.31. The lowest BCUT2D eigenvalue weighted by molar-refractivity contribution is -0.137. The second-order valence-corrected chi connectivity index (χ2v) is 6.37. The predicted octanol–water partition coefficient (Wildman–Crippen LogP) is 4.07. The minimum absolute atomic E-state index is 0.00950. The first kappa shape index (κ1) is 21.3. The van der Waals surface area contributed by atoms with E-state index in [1.807, 2.05) is 0 Å². The Morgan fingerprint density at radius 2 is 1.72 bits per heavy atom. The van der Waals surface area contributed by atoms with Gasteiger partial charge in [-0.3, -0.25) is 14.4 Å². The van der Waals surface area contributed by atoms with Gasteiger partial charge in [0.15, 0.2) is 5.75 Å². The molecular weight excluding hydrogens is 369 g/mol. The van der Waals surface area contributed by atoms with E-state index in [2.05, 4.69) is 5.32 Å². The molecule has 0 aliphatic heterocycles. The monoisotopic (exact) mass is 389 g/mol. The van der Waals surface area contributed by atoms with Crippen LogP contribution in [0.5, 0.6) is 5.75 Å². The van der Waals surface area contributed by atoms with Crippen LogP contribution in [0.15, 0.2) is 12.1 Å². The van der Waals surface area contributed by atoms with Gasteiger partial charge in [0.25, 0.3) is 5.91 Å². The van der Waals surface area contributed by atoms with E-state index >= 15 is 0 Å². The number of aliphatic carboxylic acids is 1. The number of hydrogen-bond acceptors (Lipinski definition) is 4. The highest BCUT2D eigenvalue weighted by atomic mass is 35.5. The molecule has 0 unspecified atom stereocenters. The van der Waals surface area contributed by atoms with Crippen LogP contribution in [-0.4, -0.2) is 29.5 Å². The molecule has 6 nitrogen and oxygen atoms in total. The van der Waals surface area contributed by atoms with Crippen LogP contribution < -0.4 is 10.1 Å². The summed E-state index contributed by atoms with van der Waals surface area (Å²) in [6.45, 7) is 1.67. The van der Waals surface area contributed by atoms with Gasteiger partial charge in [-0.05, 0) is 25.0 Å². The van der Waals surface area contributed by atoms with Gasteiger partial charge in [0.1, 0.15) is 0 Å². The maximum Gasteiger partial charge on any atom is 0.308 e. The Morgan fingerprint density at radius 3 is 2.36 bits per heavy atom. The van der Waals surface area contributed by atoms with Crippen LogP contribution in [-0.2, 0) is 9.59 Å². The van der Waals surface area contributed by atoms with E-state index in [-0.39, 0.29) is 27.8 Å². The lowest BCUT2D eigenvalue weighted by Gasteiger charge is -2.12. The summed E-state index contributed by atoms with van der Waals surface area (Å²) >= 11 is 11.9. The van der Waals surface area contributed by atoms with Crippen molar-refractivity contribution in [2.24, 2.45) is 0 Å². The van der Waals surface area contributed by atoms with Crippen molar-refractivity contribution >= 4 is 41.0 Å².